The van der Waals surface area contributed by atoms with Crippen LogP contribution in [-0.4, -0.2) is 29.1 Å². The SMILES string of the molecule is Cc1cccc(NC(=O)NS(=O)(=O)c2cccc(NS(C)(=O)=O)c2)c1. The number of benzene rings is 2. The summed E-state index contributed by atoms with van der Waals surface area (Å²) < 4.78 is 51.0. The van der Waals surface area contributed by atoms with Crippen LogP contribution in [0, 0.1) is 6.92 Å². The van der Waals surface area contributed by atoms with Crippen molar-refractivity contribution in [1.82, 2.24) is 4.72 Å². The van der Waals surface area contributed by atoms with Crippen LogP contribution in [-0.2, 0) is 20.0 Å². The van der Waals surface area contributed by atoms with Crippen molar-refractivity contribution in [2.45, 2.75) is 11.8 Å². The molecule has 2 rings (SSSR count). The van der Waals surface area contributed by atoms with E-state index in [0.717, 1.165) is 17.9 Å². The molecule has 2 aromatic rings. The van der Waals surface area contributed by atoms with Crippen LogP contribution in [0.4, 0.5) is 16.2 Å². The second-order valence-corrected chi connectivity index (χ2v) is 8.76. The van der Waals surface area contributed by atoms with E-state index in [1.54, 1.807) is 18.2 Å². The zero-order valence-corrected chi connectivity index (χ0v) is 15.1. The number of nitrogens with one attached hydrogen (secondary N) is 3. The summed E-state index contributed by atoms with van der Waals surface area (Å²) in [5, 5.41) is 2.42. The first-order valence-electron chi connectivity index (χ1n) is 7.03. The van der Waals surface area contributed by atoms with Gasteiger partial charge in [0.2, 0.25) is 10.0 Å². The second kappa shape index (κ2) is 7.11. The van der Waals surface area contributed by atoms with Gasteiger partial charge in [-0.15, -0.1) is 0 Å². The first-order valence-corrected chi connectivity index (χ1v) is 10.4. The number of hydrogen-bond donors (Lipinski definition) is 3. The quantitative estimate of drug-likeness (QED) is 0.728. The normalized spacial score (nSPS) is 11.6. The maximum atomic E-state index is 12.3. The topological polar surface area (TPSA) is 121 Å². The number of amides is 2. The fraction of sp³-hybridized carbons (Fsp3) is 0.133. The van der Waals surface area contributed by atoms with Gasteiger partial charge in [-0.3, -0.25) is 4.72 Å². The minimum absolute atomic E-state index is 0.0736. The lowest BCUT2D eigenvalue weighted by Gasteiger charge is -2.10. The van der Waals surface area contributed by atoms with Crippen molar-refractivity contribution < 1.29 is 21.6 Å². The van der Waals surface area contributed by atoms with Gasteiger partial charge in [0.1, 0.15) is 0 Å². The minimum atomic E-state index is -4.16. The Morgan fingerprint density at radius 1 is 0.920 bits per heavy atom. The van der Waals surface area contributed by atoms with Gasteiger partial charge in [-0.05, 0) is 42.8 Å². The fourth-order valence-electron chi connectivity index (χ4n) is 2.00. The maximum absolute atomic E-state index is 12.3. The Morgan fingerprint density at radius 3 is 2.20 bits per heavy atom. The first-order chi connectivity index (χ1) is 11.5. The van der Waals surface area contributed by atoms with Crippen LogP contribution in [0.3, 0.4) is 0 Å². The molecular weight excluding hydrogens is 366 g/mol. The molecule has 0 radical (unpaired) electrons. The molecule has 0 aliphatic carbocycles. The molecule has 2 aromatic carbocycles. The summed E-state index contributed by atoms with van der Waals surface area (Å²) >= 11 is 0. The van der Waals surface area contributed by atoms with E-state index in [-0.39, 0.29) is 10.6 Å². The standard InChI is InChI=1S/C15H17N3O5S2/c1-11-5-3-6-12(9-11)16-15(19)18-25(22,23)14-8-4-7-13(10-14)17-24(2,20)21/h3-10,17H,1-2H3,(H2,16,18,19). The number of rotatable bonds is 5. The van der Waals surface area contributed by atoms with Gasteiger partial charge < -0.3 is 5.32 Å². The molecule has 0 saturated heterocycles. The highest BCUT2D eigenvalue weighted by Gasteiger charge is 2.18. The molecule has 8 nitrogen and oxygen atoms in total. The number of aryl methyl sites for hydroxylation is 1. The van der Waals surface area contributed by atoms with Crippen LogP contribution in [0.1, 0.15) is 5.56 Å². The minimum Gasteiger partial charge on any atom is -0.307 e. The molecule has 2 amide bonds. The lowest BCUT2D eigenvalue weighted by molar-refractivity contribution is 0.256. The van der Waals surface area contributed by atoms with E-state index in [4.69, 9.17) is 0 Å². The third-order valence-corrected chi connectivity index (χ3v) is 4.89. The van der Waals surface area contributed by atoms with E-state index in [1.165, 1.54) is 18.2 Å². The van der Waals surface area contributed by atoms with Crippen molar-refractivity contribution in [1.29, 1.82) is 0 Å². The predicted molar refractivity (Wildman–Crippen MR) is 95.4 cm³/mol. The van der Waals surface area contributed by atoms with E-state index in [9.17, 15) is 21.6 Å². The monoisotopic (exact) mass is 383 g/mol. The van der Waals surface area contributed by atoms with Crippen molar-refractivity contribution in [2.75, 3.05) is 16.3 Å². The molecule has 0 aromatic heterocycles. The molecule has 0 aliphatic heterocycles. The summed E-state index contributed by atoms with van der Waals surface area (Å²) in [6.45, 7) is 1.83. The smallest absolute Gasteiger partial charge is 0.307 e. The van der Waals surface area contributed by atoms with Gasteiger partial charge in [0.05, 0.1) is 11.2 Å². The van der Waals surface area contributed by atoms with Crippen LogP contribution in [0.25, 0.3) is 0 Å². The molecule has 0 spiro atoms. The molecule has 25 heavy (non-hydrogen) atoms. The number of sulfonamides is 2. The van der Waals surface area contributed by atoms with Crippen LogP contribution < -0.4 is 14.8 Å². The van der Waals surface area contributed by atoms with E-state index in [1.807, 2.05) is 17.7 Å². The Hall–Kier alpha value is -2.59. The molecule has 134 valence electrons. The van der Waals surface area contributed by atoms with Gasteiger partial charge in [-0.25, -0.2) is 26.4 Å². The average Bonchev–Trinajstić information content (AvgIpc) is 2.45. The molecule has 0 heterocycles. The lowest BCUT2D eigenvalue weighted by Crippen LogP contribution is -2.34. The van der Waals surface area contributed by atoms with E-state index in [2.05, 4.69) is 10.0 Å². The van der Waals surface area contributed by atoms with Gasteiger partial charge in [0, 0.05) is 11.4 Å². The summed E-state index contributed by atoms with van der Waals surface area (Å²) in [4.78, 5) is 11.7. The Morgan fingerprint density at radius 2 is 1.56 bits per heavy atom. The lowest BCUT2D eigenvalue weighted by atomic mass is 10.2. The average molecular weight is 383 g/mol. The molecule has 0 fully saturated rings. The summed E-state index contributed by atoms with van der Waals surface area (Å²) in [6, 6.07) is 11.1. The number of anilines is 2. The fourth-order valence-corrected chi connectivity index (χ4v) is 3.51. The Bertz CT molecular complexity index is 1000. The van der Waals surface area contributed by atoms with Crippen molar-refractivity contribution >= 4 is 37.5 Å². The van der Waals surface area contributed by atoms with Gasteiger partial charge in [-0.1, -0.05) is 18.2 Å². The molecule has 0 aliphatic rings. The number of urea groups is 1. The highest BCUT2D eigenvalue weighted by Crippen LogP contribution is 2.16. The largest absolute Gasteiger partial charge is 0.333 e. The van der Waals surface area contributed by atoms with Crippen LogP contribution >= 0.6 is 0 Å². The molecule has 0 unspecified atom stereocenters. The summed E-state index contributed by atoms with van der Waals surface area (Å²) in [6.07, 6.45) is 0.946. The van der Waals surface area contributed by atoms with Gasteiger partial charge >= 0.3 is 6.03 Å². The van der Waals surface area contributed by atoms with Crippen molar-refractivity contribution in [2.24, 2.45) is 0 Å². The van der Waals surface area contributed by atoms with E-state index >= 15 is 0 Å². The Balaban J connectivity index is 2.16. The summed E-state index contributed by atoms with van der Waals surface area (Å²) in [5.74, 6) is 0. The molecular formula is C15H17N3O5S2. The second-order valence-electron chi connectivity index (χ2n) is 5.33. The maximum Gasteiger partial charge on any atom is 0.333 e. The molecule has 3 N–H and O–H groups in total. The van der Waals surface area contributed by atoms with Crippen LogP contribution in [0.15, 0.2) is 53.4 Å². The number of hydrogen-bond acceptors (Lipinski definition) is 5. The van der Waals surface area contributed by atoms with Crippen LogP contribution in [0.2, 0.25) is 0 Å². The molecule has 10 heteroatoms. The van der Waals surface area contributed by atoms with E-state index in [0.29, 0.717) is 5.69 Å². The molecule has 0 saturated carbocycles. The highest BCUT2D eigenvalue weighted by molar-refractivity contribution is 7.92. The van der Waals surface area contributed by atoms with Crippen LogP contribution in [0.5, 0.6) is 0 Å². The van der Waals surface area contributed by atoms with Gasteiger partial charge in [0.15, 0.2) is 0 Å². The Kier molecular flexibility index (Phi) is 5.33. The van der Waals surface area contributed by atoms with Crippen molar-refractivity contribution in [3.63, 3.8) is 0 Å². The van der Waals surface area contributed by atoms with E-state index < -0.39 is 26.1 Å². The number of carbonyl (C=O) groups is 1. The number of carbonyl (C=O) groups excluding carboxylic acids is 1. The third-order valence-electron chi connectivity index (χ3n) is 2.95. The Labute approximate surface area is 146 Å². The van der Waals surface area contributed by atoms with Gasteiger partial charge in [-0.2, -0.15) is 0 Å². The first kappa shape index (κ1) is 18.7. The predicted octanol–water partition coefficient (Wildman–Crippen LogP) is 1.88. The summed E-state index contributed by atoms with van der Waals surface area (Å²) in [5.41, 5.74) is 1.42. The zero-order valence-electron chi connectivity index (χ0n) is 13.5. The summed E-state index contributed by atoms with van der Waals surface area (Å²) in [7, 11) is -7.72. The van der Waals surface area contributed by atoms with Gasteiger partial charge in [0.25, 0.3) is 10.0 Å². The third kappa shape index (κ3) is 5.76. The van der Waals surface area contributed by atoms with Crippen molar-refractivity contribution in [3.05, 3.63) is 54.1 Å². The molecule has 0 atom stereocenters. The van der Waals surface area contributed by atoms with Crippen molar-refractivity contribution in [3.8, 4) is 0 Å². The highest BCUT2D eigenvalue weighted by atomic mass is 32.2. The zero-order chi connectivity index (χ0) is 18.7. The molecule has 0 bridgehead atoms.